The lowest BCUT2D eigenvalue weighted by Gasteiger charge is -2.28. The zero-order valence-electron chi connectivity index (χ0n) is 12.5. The van der Waals surface area contributed by atoms with Gasteiger partial charge in [-0.25, -0.2) is 0 Å². The van der Waals surface area contributed by atoms with E-state index in [1.54, 1.807) is 0 Å². The number of para-hydroxylation sites is 2. The Balaban J connectivity index is 1.51. The number of likely N-dealkylation sites (tertiary alicyclic amines) is 1. The number of carbonyl (C=O) groups is 1. The summed E-state index contributed by atoms with van der Waals surface area (Å²) in [6, 6.07) is 7.86. The van der Waals surface area contributed by atoms with E-state index in [9.17, 15) is 4.79 Å². The number of nitrogens with one attached hydrogen (secondary N) is 2. The van der Waals surface area contributed by atoms with E-state index in [4.69, 9.17) is 4.74 Å². The third kappa shape index (κ3) is 3.47. The van der Waals surface area contributed by atoms with Gasteiger partial charge >= 0.3 is 0 Å². The Morgan fingerprint density at radius 1 is 1.43 bits per heavy atom. The number of ether oxygens (including phenoxy) is 1. The molecule has 2 unspecified atom stereocenters. The van der Waals surface area contributed by atoms with Gasteiger partial charge in [0.25, 0.3) is 5.91 Å². The Hall–Kier alpha value is -1.75. The van der Waals surface area contributed by atoms with E-state index in [2.05, 4.69) is 22.5 Å². The number of anilines is 1. The Kier molecular flexibility index (Phi) is 4.29. The van der Waals surface area contributed by atoms with E-state index in [0.717, 1.165) is 31.1 Å². The number of hydrogen-bond donors (Lipinski definition) is 2. The van der Waals surface area contributed by atoms with E-state index in [1.807, 2.05) is 24.3 Å². The summed E-state index contributed by atoms with van der Waals surface area (Å²) in [6.07, 6.45) is 2.08. The molecular weight excluding hydrogens is 266 g/mol. The number of carbonyl (C=O) groups excluding carboxylic acids is 1. The summed E-state index contributed by atoms with van der Waals surface area (Å²) < 4.78 is 5.78. The second-order valence-electron chi connectivity index (χ2n) is 5.90. The maximum Gasteiger partial charge on any atom is 0.263 e. The van der Waals surface area contributed by atoms with Crippen LogP contribution in [0.1, 0.15) is 19.8 Å². The van der Waals surface area contributed by atoms with Gasteiger partial charge in [0.05, 0.1) is 12.2 Å². The smallest absolute Gasteiger partial charge is 0.263 e. The minimum absolute atomic E-state index is 0.0382. The number of fused-ring (bicyclic) bond motifs is 1. The fraction of sp³-hybridized carbons (Fsp3) is 0.562. The number of amides is 1. The first kappa shape index (κ1) is 14.2. The van der Waals surface area contributed by atoms with Crippen molar-refractivity contribution in [2.24, 2.45) is 0 Å². The summed E-state index contributed by atoms with van der Waals surface area (Å²) in [7, 11) is 0. The lowest BCUT2D eigenvalue weighted by molar-refractivity contribution is -0.128. The van der Waals surface area contributed by atoms with Crippen molar-refractivity contribution in [2.75, 3.05) is 31.5 Å². The second kappa shape index (κ2) is 6.35. The average molecular weight is 289 g/mol. The zero-order valence-corrected chi connectivity index (χ0v) is 12.5. The largest absolute Gasteiger partial charge is 0.477 e. The Morgan fingerprint density at radius 2 is 2.19 bits per heavy atom. The van der Waals surface area contributed by atoms with Crippen LogP contribution < -0.4 is 15.4 Å². The van der Waals surface area contributed by atoms with Crippen molar-refractivity contribution in [3.63, 3.8) is 0 Å². The fourth-order valence-corrected chi connectivity index (χ4v) is 2.99. The highest BCUT2D eigenvalue weighted by molar-refractivity contribution is 5.83. The molecule has 1 amide bonds. The van der Waals surface area contributed by atoms with Crippen LogP contribution in [0.3, 0.4) is 0 Å². The summed E-state index contributed by atoms with van der Waals surface area (Å²) in [6.45, 7) is 5.78. The first-order valence-electron chi connectivity index (χ1n) is 7.74. The minimum atomic E-state index is -0.457. The summed E-state index contributed by atoms with van der Waals surface area (Å²) in [5.74, 6) is 0.708. The van der Waals surface area contributed by atoms with Gasteiger partial charge in [0.2, 0.25) is 0 Å². The highest BCUT2D eigenvalue weighted by Crippen LogP contribution is 2.28. The normalized spacial score (nSPS) is 22.8. The van der Waals surface area contributed by atoms with Crippen LogP contribution in [0.2, 0.25) is 0 Å². The third-order valence-corrected chi connectivity index (χ3v) is 4.05. The molecule has 2 N–H and O–H groups in total. The molecule has 0 aromatic heterocycles. The Bertz CT molecular complexity index is 500. The van der Waals surface area contributed by atoms with Gasteiger partial charge in [-0.2, -0.15) is 0 Å². The monoisotopic (exact) mass is 289 g/mol. The molecule has 114 valence electrons. The molecule has 2 atom stereocenters. The molecule has 2 heterocycles. The first-order chi connectivity index (χ1) is 10.2. The van der Waals surface area contributed by atoms with Crippen LogP contribution in [0, 0.1) is 0 Å². The summed E-state index contributed by atoms with van der Waals surface area (Å²) in [5.41, 5.74) is 0.951. The second-order valence-corrected chi connectivity index (χ2v) is 5.90. The fourth-order valence-electron chi connectivity index (χ4n) is 2.99. The van der Waals surface area contributed by atoms with Crippen molar-refractivity contribution in [2.45, 2.75) is 31.9 Å². The lowest BCUT2D eigenvalue weighted by Crippen LogP contribution is -2.50. The predicted octanol–water partition coefficient (Wildman–Crippen LogP) is 1.46. The molecule has 5 nitrogen and oxygen atoms in total. The topological polar surface area (TPSA) is 53.6 Å². The van der Waals surface area contributed by atoms with Gasteiger partial charge in [-0.1, -0.05) is 12.1 Å². The van der Waals surface area contributed by atoms with Crippen LogP contribution in [0.25, 0.3) is 0 Å². The van der Waals surface area contributed by atoms with Crippen molar-refractivity contribution in [3.05, 3.63) is 24.3 Å². The minimum Gasteiger partial charge on any atom is -0.477 e. The van der Waals surface area contributed by atoms with Crippen molar-refractivity contribution in [1.82, 2.24) is 10.2 Å². The van der Waals surface area contributed by atoms with Gasteiger partial charge < -0.3 is 20.3 Å². The molecule has 0 aliphatic carbocycles. The molecule has 1 aromatic rings. The molecule has 21 heavy (non-hydrogen) atoms. The summed E-state index contributed by atoms with van der Waals surface area (Å²) >= 11 is 0. The first-order valence-corrected chi connectivity index (χ1v) is 7.74. The van der Waals surface area contributed by atoms with Gasteiger partial charge in [-0.15, -0.1) is 0 Å². The van der Waals surface area contributed by atoms with Crippen LogP contribution in [-0.2, 0) is 4.79 Å². The number of nitrogens with zero attached hydrogens (tertiary/aromatic N) is 1. The van der Waals surface area contributed by atoms with Crippen LogP contribution in [-0.4, -0.2) is 49.1 Å². The van der Waals surface area contributed by atoms with Gasteiger partial charge in [-0.05, 0) is 45.0 Å². The van der Waals surface area contributed by atoms with Gasteiger partial charge in [0.15, 0.2) is 6.10 Å². The molecule has 1 fully saturated rings. The molecule has 1 aromatic carbocycles. The highest BCUT2D eigenvalue weighted by Gasteiger charge is 2.27. The molecule has 5 heteroatoms. The maximum atomic E-state index is 12.3. The quantitative estimate of drug-likeness (QED) is 0.881. The van der Waals surface area contributed by atoms with Gasteiger partial charge in [0, 0.05) is 12.6 Å². The molecule has 0 radical (unpaired) electrons. The van der Waals surface area contributed by atoms with Gasteiger partial charge in [0.1, 0.15) is 5.75 Å². The summed E-state index contributed by atoms with van der Waals surface area (Å²) in [5, 5.41) is 6.31. The molecule has 2 aliphatic heterocycles. The molecule has 0 bridgehead atoms. The Morgan fingerprint density at radius 3 is 3.00 bits per heavy atom. The van der Waals surface area contributed by atoms with Crippen LogP contribution >= 0.6 is 0 Å². The standard InChI is InChI=1S/C16H23N3O2/c1-12(11-19-8-4-5-9-19)18-16(20)15-10-17-13-6-2-3-7-14(13)21-15/h2-3,6-7,12,15,17H,4-5,8-11H2,1H3,(H,18,20). The number of benzene rings is 1. The third-order valence-electron chi connectivity index (χ3n) is 4.05. The van der Waals surface area contributed by atoms with E-state index in [0.29, 0.717) is 6.54 Å². The molecule has 2 aliphatic rings. The van der Waals surface area contributed by atoms with Crippen LogP contribution in [0.15, 0.2) is 24.3 Å². The van der Waals surface area contributed by atoms with Gasteiger partial charge in [-0.3, -0.25) is 4.79 Å². The average Bonchev–Trinajstić information content (AvgIpc) is 2.99. The van der Waals surface area contributed by atoms with Crippen molar-refractivity contribution in [1.29, 1.82) is 0 Å². The SMILES string of the molecule is CC(CN1CCCC1)NC(=O)C1CNc2ccccc2O1. The van der Waals surface area contributed by atoms with Crippen LogP contribution in [0.4, 0.5) is 5.69 Å². The van der Waals surface area contributed by atoms with Crippen LogP contribution in [0.5, 0.6) is 5.75 Å². The van der Waals surface area contributed by atoms with E-state index >= 15 is 0 Å². The Labute approximate surface area is 125 Å². The summed E-state index contributed by atoms with van der Waals surface area (Å²) in [4.78, 5) is 14.7. The molecule has 0 saturated carbocycles. The van der Waals surface area contributed by atoms with E-state index < -0.39 is 6.10 Å². The highest BCUT2D eigenvalue weighted by atomic mass is 16.5. The van der Waals surface area contributed by atoms with Crippen molar-refractivity contribution < 1.29 is 9.53 Å². The van der Waals surface area contributed by atoms with E-state index in [-0.39, 0.29) is 11.9 Å². The molecular formula is C16H23N3O2. The van der Waals surface area contributed by atoms with Crippen molar-refractivity contribution >= 4 is 11.6 Å². The maximum absolute atomic E-state index is 12.3. The predicted molar refractivity (Wildman–Crippen MR) is 82.6 cm³/mol. The number of rotatable bonds is 4. The van der Waals surface area contributed by atoms with E-state index in [1.165, 1.54) is 12.8 Å². The molecule has 3 rings (SSSR count). The zero-order chi connectivity index (χ0) is 14.7. The number of hydrogen-bond acceptors (Lipinski definition) is 4. The lowest BCUT2D eigenvalue weighted by atomic mass is 10.2. The van der Waals surface area contributed by atoms with Crippen molar-refractivity contribution in [3.8, 4) is 5.75 Å². The molecule has 0 spiro atoms. The molecule has 1 saturated heterocycles.